The largest absolute Gasteiger partial charge is 0.370 e. The molecule has 0 aliphatic carbocycles. The van der Waals surface area contributed by atoms with Gasteiger partial charge < -0.3 is 10.6 Å². The van der Waals surface area contributed by atoms with Crippen LogP contribution < -0.4 is 10.6 Å². The third kappa shape index (κ3) is 4.63. The molecular formula is C12H17Cl3F2N2. The van der Waals surface area contributed by atoms with E-state index >= 15 is 0 Å². The molecule has 2 rings (SSSR count). The van der Waals surface area contributed by atoms with Crippen LogP contribution in [0.4, 0.5) is 14.5 Å². The van der Waals surface area contributed by atoms with E-state index in [1.165, 1.54) is 0 Å². The van der Waals surface area contributed by atoms with Crippen LogP contribution in [0.25, 0.3) is 0 Å². The average Bonchev–Trinajstić information content (AvgIpc) is 2.29. The van der Waals surface area contributed by atoms with Crippen LogP contribution in [0.3, 0.4) is 0 Å². The van der Waals surface area contributed by atoms with Gasteiger partial charge in [-0.05, 0) is 17.7 Å². The molecule has 0 radical (unpaired) electrons. The first kappa shape index (κ1) is 18.7. The summed E-state index contributed by atoms with van der Waals surface area (Å²) in [6.07, 6.45) is -0.218. The Labute approximate surface area is 129 Å². The van der Waals surface area contributed by atoms with Gasteiger partial charge in [0.25, 0.3) is 5.92 Å². The molecule has 0 spiro atoms. The normalized spacial score (nSPS) is 17.4. The predicted octanol–water partition coefficient (Wildman–Crippen LogP) is 3.88. The first-order chi connectivity index (χ1) is 8.02. The monoisotopic (exact) mass is 332 g/mol. The Kier molecular flexibility index (Phi) is 7.37. The lowest BCUT2D eigenvalue weighted by atomic mass is 10.1. The number of alkyl halides is 2. The van der Waals surface area contributed by atoms with Crippen LogP contribution in [0.1, 0.15) is 18.4 Å². The van der Waals surface area contributed by atoms with E-state index in [0.717, 1.165) is 11.3 Å². The van der Waals surface area contributed by atoms with Gasteiger partial charge in [-0.1, -0.05) is 17.7 Å². The van der Waals surface area contributed by atoms with Crippen LogP contribution in [0.5, 0.6) is 0 Å². The molecule has 0 aromatic heterocycles. The Bertz CT molecular complexity index is 406. The van der Waals surface area contributed by atoms with Gasteiger partial charge in [-0.15, -0.1) is 24.8 Å². The first-order valence-corrected chi connectivity index (χ1v) is 6.01. The number of piperidine rings is 1. The van der Waals surface area contributed by atoms with Crippen molar-refractivity contribution in [3.05, 3.63) is 28.8 Å². The molecule has 1 aromatic rings. The van der Waals surface area contributed by atoms with E-state index in [9.17, 15) is 8.78 Å². The van der Waals surface area contributed by atoms with E-state index in [-0.39, 0.29) is 37.7 Å². The molecule has 1 aliphatic rings. The van der Waals surface area contributed by atoms with Crippen molar-refractivity contribution in [1.82, 2.24) is 0 Å². The lowest BCUT2D eigenvalue weighted by molar-refractivity contribution is -0.0220. The van der Waals surface area contributed by atoms with Crippen molar-refractivity contribution in [2.45, 2.75) is 25.3 Å². The number of benzene rings is 1. The Morgan fingerprint density at radius 2 is 1.79 bits per heavy atom. The molecule has 0 saturated carbocycles. The fourth-order valence-electron chi connectivity index (χ4n) is 2.01. The minimum absolute atomic E-state index is 0. The van der Waals surface area contributed by atoms with Crippen LogP contribution in [0.15, 0.2) is 18.2 Å². The van der Waals surface area contributed by atoms with Gasteiger partial charge in [0.1, 0.15) is 0 Å². The summed E-state index contributed by atoms with van der Waals surface area (Å²) >= 11 is 6.13. The molecule has 0 bridgehead atoms. The lowest BCUT2D eigenvalue weighted by Crippen LogP contribution is -2.39. The van der Waals surface area contributed by atoms with E-state index in [4.69, 9.17) is 17.3 Å². The molecule has 19 heavy (non-hydrogen) atoms. The summed E-state index contributed by atoms with van der Waals surface area (Å²) in [5.41, 5.74) is 7.28. The van der Waals surface area contributed by atoms with Gasteiger partial charge in [-0.25, -0.2) is 8.78 Å². The van der Waals surface area contributed by atoms with Gasteiger partial charge in [0.2, 0.25) is 0 Å². The molecule has 7 heteroatoms. The first-order valence-electron chi connectivity index (χ1n) is 5.63. The second kappa shape index (κ2) is 7.48. The summed E-state index contributed by atoms with van der Waals surface area (Å²) in [7, 11) is 0. The van der Waals surface area contributed by atoms with Gasteiger partial charge in [0.05, 0.1) is 10.7 Å². The summed E-state index contributed by atoms with van der Waals surface area (Å²) in [5.74, 6) is -2.53. The molecule has 2 N–H and O–H groups in total. The molecule has 1 saturated heterocycles. The highest BCUT2D eigenvalue weighted by atomic mass is 35.5. The predicted molar refractivity (Wildman–Crippen MR) is 80.2 cm³/mol. The van der Waals surface area contributed by atoms with Gasteiger partial charge in [0, 0.05) is 32.5 Å². The maximum atomic E-state index is 13.0. The SMILES string of the molecule is Cl.Cl.NCc1ccc(N2CCC(F)(F)CC2)c(Cl)c1. The van der Waals surface area contributed by atoms with Crippen LogP contribution in [-0.2, 0) is 6.54 Å². The Balaban J connectivity index is 0.00000162. The summed E-state index contributed by atoms with van der Waals surface area (Å²) in [4.78, 5) is 1.90. The summed E-state index contributed by atoms with van der Waals surface area (Å²) in [6.45, 7) is 1.11. The van der Waals surface area contributed by atoms with Crippen LogP contribution in [0.2, 0.25) is 5.02 Å². The quantitative estimate of drug-likeness (QED) is 0.890. The molecule has 0 unspecified atom stereocenters. The highest BCUT2D eigenvalue weighted by molar-refractivity contribution is 6.33. The zero-order valence-electron chi connectivity index (χ0n) is 10.2. The Morgan fingerprint density at radius 3 is 2.26 bits per heavy atom. The van der Waals surface area contributed by atoms with E-state index in [1.807, 2.05) is 17.0 Å². The molecule has 2 nitrogen and oxygen atoms in total. The summed E-state index contributed by atoms with van der Waals surface area (Å²) < 4.78 is 26.1. The van der Waals surface area contributed by atoms with Crippen LogP contribution >= 0.6 is 36.4 Å². The number of anilines is 1. The van der Waals surface area contributed by atoms with Crippen molar-refractivity contribution in [3.63, 3.8) is 0 Å². The second-order valence-corrected chi connectivity index (χ2v) is 4.74. The number of rotatable bonds is 2. The highest BCUT2D eigenvalue weighted by Gasteiger charge is 2.34. The number of nitrogens with two attached hydrogens (primary N) is 1. The van der Waals surface area contributed by atoms with Crippen molar-refractivity contribution in [1.29, 1.82) is 0 Å². The van der Waals surface area contributed by atoms with Crippen molar-refractivity contribution >= 4 is 42.1 Å². The minimum Gasteiger partial charge on any atom is -0.370 e. The van der Waals surface area contributed by atoms with Crippen LogP contribution in [0, 0.1) is 0 Å². The van der Waals surface area contributed by atoms with Crippen molar-refractivity contribution in [3.8, 4) is 0 Å². The Morgan fingerprint density at radius 1 is 1.21 bits per heavy atom. The minimum atomic E-state index is -2.53. The number of nitrogens with zero attached hydrogens (tertiary/aromatic N) is 1. The standard InChI is InChI=1S/C12H15ClF2N2.2ClH/c13-10-7-9(8-16)1-2-11(10)17-5-3-12(14,15)4-6-17;;/h1-2,7H,3-6,8,16H2;2*1H. The van der Waals surface area contributed by atoms with E-state index < -0.39 is 5.92 Å². The van der Waals surface area contributed by atoms with Gasteiger partial charge in [-0.2, -0.15) is 0 Å². The molecular weight excluding hydrogens is 317 g/mol. The van der Waals surface area contributed by atoms with Gasteiger partial charge >= 0.3 is 0 Å². The van der Waals surface area contributed by atoms with E-state index in [0.29, 0.717) is 24.7 Å². The van der Waals surface area contributed by atoms with E-state index in [2.05, 4.69) is 0 Å². The third-order valence-corrected chi connectivity index (χ3v) is 3.39. The van der Waals surface area contributed by atoms with E-state index in [1.54, 1.807) is 6.07 Å². The zero-order valence-corrected chi connectivity index (χ0v) is 12.6. The van der Waals surface area contributed by atoms with Crippen molar-refractivity contribution in [2.75, 3.05) is 18.0 Å². The maximum absolute atomic E-state index is 13.0. The number of halogens is 5. The van der Waals surface area contributed by atoms with Gasteiger partial charge in [-0.3, -0.25) is 0 Å². The number of hydrogen-bond donors (Lipinski definition) is 1. The second-order valence-electron chi connectivity index (χ2n) is 4.33. The molecule has 1 fully saturated rings. The smallest absolute Gasteiger partial charge is 0.251 e. The number of hydrogen-bond acceptors (Lipinski definition) is 2. The summed E-state index contributed by atoms with van der Waals surface area (Å²) in [5, 5.41) is 0.582. The molecule has 0 atom stereocenters. The van der Waals surface area contributed by atoms with Crippen molar-refractivity contribution in [2.24, 2.45) is 5.73 Å². The zero-order chi connectivity index (χ0) is 12.5. The lowest BCUT2D eigenvalue weighted by Gasteiger charge is -2.34. The fraction of sp³-hybridized carbons (Fsp3) is 0.500. The topological polar surface area (TPSA) is 29.3 Å². The molecule has 1 aliphatic heterocycles. The third-order valence-electron chi connectivity index (χ3n) is 3.08. The molecule has 0 amide bonds. The Hall–Kier alpha value is -0.290. The molecule has 1 aromatic carbocycles. The van der Waals surface area contributed by atoms with Crippen molar-refractivity contribution < 1.29 is 8.78 Å². The molecule has 110 valence electrons. The maximum Gasteiger partial charge on any atom is 0.251 e. The fourth-order valence-corrected chi connectivity index (χ4v) is 2.33. The average molecular weight is 334 g/mol. The van der Waals surface area contributed by atoms with Crippen LogP contribution in [-0.4, -0.2) is 19.0 Å². The van der Waals surface area contributed by atoms with Gasteiger partial charge in [0.15, 0.2) is 0 Å². The molecule has 1 heterocycles. The highest BCUT2D eigenvalue weighted by Crippen LogP contribution is 2.33. The summed E-state index contributed by atoms with van der Waals surface area (Å²) in [6, 6.07) is 5.53.